The molecule has 0 radical (unpaired) electrons. The van der Waals surface area contributed by atoms with Crippen molar-refractivity contribution >= 4 is 0 Å². The summed E-state index contributed by atoms with van der Waals surface area (Å²) in [6.07, 6.45) is 2.73. The molecule has 1 aromatic heterocycles. The van der Waals surface area contributed by atoms with Crippen LogP contribution in [0.25, 0.3) is 0 Å². The molecule has 1 heterocycles. The van der Waals surface area contributed by atoms with Crippen molar-refractivity contribution in [2.75, 3.05) is 0 Å². The number of alkyl halides is 3. The number of nitrogens with two attached hydrogens (primary N) is 1. The Morgan fingerprint density at radius 1 is 1.24 bits per heavy atom. The zero-order valence-electron chi connectivity index (χ0n) is 11.5. The second kappa shape index (κ2) is 5.22. The zero-order chi connectivity index (χ0) is 15.0. The van der Waals surface area contributed by atoms with Gasteiger partial charge in [-0.3, -0.25) is 0 Å². The Hall–Kier alpha value is -1.75. The Morgan fingerprint density at radius 2 is 2.05 bits per heavy atom. The molecule has 0 amide bonds. The van der Waals surface area contributed by atoms with Gasteiger partial charge in [-0.15, -0.1) is 0 Å². The minimum Gasteiger partial charge on any atom is -0.349 e. The molecule has 1 aliphatic carbocycles. The highest BCUT2D eigenvalue weighted by Crippen LogP contribution is 2.31. The van der Waals surface area contributed by atoms with E-state index in [0.29, 0.717) is 12.1 Å². The third kappa shape index (κ3) is 2.97. The number of aryl methyl sites for hydroxylation is 1. The highest BCUT2D eigenvalue weighted by molar-refractivity contribution is 5.31. The first kappa shape index (κ1) is 14.2. The van der Waals surface area contributed by atoms with Gasteiger partial charge in [-0.25, -0.2) is 0 Å². The molecule has 0 saturated carbocycles. The Labute approximate surface area is 121 Å². The minimum atomic E-state index is -4.30. The van der Waals surface area contributed by atoms with E-state index in [1.54, 1.807) is 6.07 Å². The van der Waals surface area contributed by atoms with Gasteiger partial charge < -0.3 is 10.3 Å². The van der Waals surface area contributed by atoms with Crippen LogP contribution in [0, 0.1) is 0 Å². The average molecular weight is 294 g/mol. The summed E-state index contributed by atoms with van der Waals surface area (Å²) in [5, 5.41) is 0. The molecule has 5 heteroatoms. The normalized spacial score (nSPS) is 18.6. The van der Waals surface area contributed by atoms with Crippen LogP contribution in [-0.4, -0.2) is 4.57 Å². The van der Waals surface area contributed by atoms with E-state index in [1.165, 1.54) is 17.7 Å². The second-order valence-corrected chi connectivity index (χ2v) is 5.61. The number of nitrogens with zero attached hydrogens (tertiary/aromatic N) is 1. The summed E-state index contributed by atoms with van der Waals surface area (Å²) in [5.74, 6) is 0. The van der Waals surface area contributed by atoms with Crippen molar-refractivity contribution in [2.24, 2.45) is 5.73 Å². The quantitative estimate of drug-likeness (QED) is 0.895. The van der Waals surface area contributed by atoms with Gasteiger partial charge in [0.2, 0.25) is 0 Å². The molecule has 0 fully saturated rings. The topological polar surface area (TPSA) is 30.9 Å². The molecular formula is C16H17F3N2. The van der Waals surface area contributed by atoms with E-state index in [9.17, 15) is 13.2 Å². The van der Waals surface area contributed by atoms with Crippen LogP contribution in [0.3, 0.4) is 0 Å². The lowest BCUT2D eigenvalue weighted by Gasteiger charge is -2.17. The van der Waals surface area contributed by atoms with Gasteiger partial charge in [-0.1, -0.05) is 12.1 Å². The number of benzene rings is 1. The summed E-state index contributed by atoms with van der Waals surface area (Å²) in [6, 6.07) is 5.53. The molecule has 2 N–H and O–H groups in total. The van der Waals surface area contributed by atoms with E-state index in [0.717, 1.165) is 30.9 Å². The molecule has 0 bridgehead atoms. The van der Waals surface area contributed by atoms with Crippen molar-refractivity contribution in [3.8, 4) is 0 Å². The Kier molecular flexibility index (Phi) is 3.53. The fourth-order valence-electron chi connectivity index (χ4n) is 2.93. The van der Waals surface area contributed by atoms with Crippen molar-refractivity contribution in [1.82, 2.24) is 4.57 Å². The molecular weight excluding hydrogens is 277 g/mol. The number of fused-ring (bicyclic) bond motifs is 1. The van der Waals surface area contributed by atoms with Gasteiger partial charge in [0, 0.05) is 25.0 Å². The van der Waals surface area contributed by atoms with Crippen molar-refractivity contribution < 1.29 is 13.2 Å². The third-order valence-corrected chi connectivity index (χ3v) is 3.98. The molecule has 0 spiro atoms. The highest BCUT2D eigenvalue weighted by atomic mass is 19.4. The molecule has 1 aliphatic rings. The van der Waals surface area contributed by atoms with Gasteiger partial charge in [0.15, 0.2) is 0 Å². The monoisotopic (exact) mass is 294 g/mol. The fraction of sp³-hybridized carbons (Fsp3) is 0.375. The number of hydrogen-bond acceptors (Lipinski definition) is 1. The van der Waals surface area contributed by atoms with Crippen LogP contribution >= 0.6 is 0 Å². The van der Waals surface area contributed by atoms with E-state index in [2.05, 4.69) is 0 Å². The first-order valence-electron chi connectivity index (χ1n) is 7.04. The number of aromatic nitrogens is 1. The Balaban J connectivity index is 1.84. The molecule has 1 atom stereocenters. The SMILES string of the molecule is NC1CCCc2cn(Cc3cccc(C(F)(F)F)c3)cc21. The zero-order valence-corrected chi connectivity index (χ0v) is 11.5. The number of rotatable bonds is 2. The molecule has 1 unspecified atom stereocenters. The average Bonchev–Trinajstić information content (AvgIpc) is 2.82. The predicted octanol–water partition coefficient (Wildman–Crippen LogP) is 3.89. The van der Waals surface area contributed by atoms with Gasteiger partial charge in [-0.05, 0) is 48.1 Å². The summed E-state index contributed by atoms with van der Waals surface area (Å²) in [5.41, 5.74) is 8.47. The van der Waals surface area contributed by atoms with Crippen LogP contribution in [0.1, 0.15) is 41.1 Å². The van der Waals surface area contributed by atoms with Crippen LogP contribution < -0.4 is 5.73 Å². The molecule has 112 valence electrons. The van der Waals surface area contributed by atoms with Gasteiger partial charge in [0.1, 0.15) is 0 Å². The maximum absolute atomic E-state index is 12.7. The largest absolute Gasteiger partial charge is 0.416 e. The minimum absolute atomic E-state index is 0.0523. The van der Waals surface area contributed by atoms with Crippen molar-refractivity contribution in [2.45, 2.75) is 38.0 Å². The third-order valence-electron chi connectivity index (χ3n) is 3.98. The van der Waals surface area contributed by atoms with Crippen LogP contribution in [0.4, 0.5) is 13.2 Å². The number of halogens is 3. The lowest BCUT2D eigenvalue weighted by atomic mass is 9.92. The highest BCUT2D eigenvalue weighted by Gasteiger charge is 2.30. The summed E-state index contributed by atoms with van der Waals surface area (Å²) < 4.78 is 40.1. The predicted molar refractivity (Wildman–Crippen MR) is 74.8 cm³/mol. The summed E-state index contributed by atoms with van der Waals surface area (Å²) >= 11 is 0. The summed E-state index contributed by atoms with van der Waals surface area (Å²) in [4.78, 5) is 0. The second-order valence-electron chi connectivity index (χ2n) is 5.61. The smallest absolute Gasteiger partial charge is 0.349 e. The summed E-state index contributed by atoms with van der Waals surface area (Å²) in [6.45, 7) is 0.434. The number of hydrogen-bond donors (Lipinski definition) is 1. The van der Waals surface area contributed by atoms with E-state index in [4.69, 9.17) is 5.73 Å². The first-order chi connectivity index (χ1) is 9.93. The van der Waals surface area contributed by atoms with Crippen LogP contribution in [0.5, 0.6) is 0 Å². The molecule has 2 aromatic rings. The molecule has 2 nitrogen and oxygen atoms in total. The van der Waals surface area contributed by atoms with Crippen molar-refractivity contribution in [3.05, 3.63) is 58.9 Å². The van der Waals surface area contributed by atoms with E-state index < -0.39 is 11.7 Å². The standard InChI is InChI=1S/C16H17F3N2/c17-16(18,19)13-5-1-3-11(7-13)8-21-9-12-4-2-6-15(20)14(12)10-21/h1,3,5,7,9-10,15H,2,4,6,8,20H2. The van der Waals surface area contributed by atoms with E-state index >= 15 is 0 Å². The fourth-order valence-corrected chi connectivity index (χ4v) is 2.93. The molecule has 1 aromatic carbocycles. The van der Waals surface area contributed by atoms with E-state index in [1.807, 2.05) is 17.0 Å². The lowest BCUT2D eigenvalue weighted by Crippen LogP contribution is -2.15. The molecule has 0 aliphatic heterocycles. The van der Waals surface area contributed by atoms with Gasteiger partial charge >= 0.3 is 6.18 Å². The lowest BCUT2D eigenvalue weighted by molar-refractivity contribution is -0.137. The Bertz CT molecular complexity index is 643. The maximum Gasteiger partial charge on any atom is 0.416 e. The Morgan fingerprint density at radius 3 is 2.76 bits per heavy atom. The van der Waals surface area contributed by atoms with Crippen LogP contribution in [0.2, 0.25) is 0 Å². The first-order valence-corrected chi connectivity index (χ1v) is 7.04. The van der Waals surface area contributed by atoms with Crippen molar-refractivity contribution in [3.63, 3.8) is 0 Å². The molecule has 21 heavy (non-hydrogen) atoms. The van der Waals surface area contributed by atoms with Gasteiger partial charge in [-0.2, -0.15) is 13.2 Å². The maximum atomic E-state index is 12.7. The van der Waals surface area contributed by atoms with Gasteiger partial charge in [0.05, 0.1) is 5.56 Å². The van der Waals surface area contributed by atoms with E-state index in [-0.39, 0.29) is 6.04 Å². The summed E-state index contributed by atoms with van der Waals surface area (Å²) in [7, 11) is 0. The van der Waals surface area contributed by atoms with Gasteiger partial charge in [0.25, 0.3) is 0 Å². The molecule has 3 rings (SSSR count). The van der Waals surface area contributed by atoms with Crippen LogP contribution in [-0.2, 0) is 19.1 Å². The van der Waals surface area contributed by atoms with Crippen molar-refractivity contribution in [1.29, 1.82) is 0 Å². The van der Waals surface area contributed by atoms with Crippen LogP contribution in [0.15, 0.2) is 36.7 Å². The molecule has 0 saturated heterocycles.